The van der Waals surface area contributed by atoms with Crippen LogP contribution in [0.15, 0.2) is 0 Å². The number of nitrogens with zero attached hydrogens (tertiary/aromatic N) is 2. The van der Waals surface area contributed by atoms with E-state index < -0.39 is 10.2 Å². The average molecular weight is 303 g/mol. The summed E-state index contributed by atoms with van der Waals surface area (Å²) in [7, 11) is -1.42. The van der Waals surface area contributed by atoms with Crippen LogP contribution in [0.4, 0.5) is 0 Å². The number of hydrogen-bond donors (Lipinski definition) is 1. The first kappa shape index (κ1) is 16.2. The molecular weight excluding hydrogens is 274 g/mol. The van der Waals surface area contributed by atoms with Gasteiger partial charge in [-0.3, -0.25) is 0 Å². The normalized spacial score (nSPS) is 34.2. The number of nitrogens with one attached hydrogen (secondary N) is 1. The minimum absolute atomic E-state index is 0.114. The topological polar surface area (TPSA) is 52.7 Å². The monoisotopic (exact) mass is 303 g/mol. The van der Waals surface area contributed by atoms with Gasteiger partial charge in [0.1, 0.15) is 0 Å². The summed E-state index contributed by atoms with van der Waals surface area (Å²) in [5.41, 5.74) is 0. The van der Waals surface area contributed by atoms with E-state index in [0.29, 0.717) is 19.0 Å². The summed E-state index contributed by atoms with van der Waals surface area (Å²) in [5.74, 6) is 0.466. The van der Waals surface area contributed by atoms with Gasteiger partial charge in [0.25, 0.3) is 10.2 Å². The van der Waals surface area contributed by atoms with Crippen molar-refractivity contribution >= 4 is 10.2 Å². The maximum absolute atomic E-state index is 13.0. The zero-order chi connectivity index (χ0) is 14.8. The van der Waals surface area contributed by atoms with Gasteiger partial charge in [-0.05, 0) is 45.6 Å². The molecule has 6 heteroatoms. The van der Waals surface area contributed by atoms with Crippen LogP contribution in [-0.4, -0.2) is 55.8 Å². The van der Waals surface area contributed by atoms with Gasteiger partial charge in [0, 0.05) is 31.7 Å². The first-order chi connectivity index (χ1) is 9.46. The van der Waals surface area contributed by atoms with Gasteiger partial charge in [-0.25, -0.2) is 0 Å². The van der Waals surface area contributed by atoms with Crippen LogP contribution in [0.5, 0.6) is 0 Å². The van der Waals surface area contributed by atoms with Crippen molar-refractivity contribution in [3.63, 3.8) is 0 Å². The zero-order valence-corrected chi connectivity index (χ0v) is 13.8. The lowest BCUT2D eigenvalue weighted by Crippen LogP contribution is -2.56. The highest BCUT2D eigenvalue weighted by molar-refractivity contribution is 7.86. The lowest BCUT2D eigenvalue weighted by atomic mass is 9.97. The first-order valence-electron chi connectivity index (χ1n) is 7.90. The van der Waals surface area contributed by atoms with Gasteiger partial charge in [0.05, 0.1) is 0 Å². The molecule has 0 aromatic rings. The molecule has 2 rings (SSSR count). The minimum Gasteiger partial charge on any atom is -0.318 e. The molecule has 0 aliphatic carbocycles. The largest absolute Gasteiger partial charge is 0.318 e. The smallest absolute Gasteiger partial charge is 0.282 e. The number of likely N-dealkylation sites (N-methyl/N-ethyl adjacent to an activating group) is 1. The van der Waals surface area contributed by atoms with E-state index in [1.54, 1.807) is 8.61 Å². The van der Waals surface area contributed by atoms with Crippen LogP contribution < -0.4 is 5.32 Å². The molecule has 2 aliphatic rings. The predicted octanol–water partition coefficient (Wildman–Crippen LogP) is 1.43. The van der Waals surface area contributed by atoms with Crippen molar-refractivity contribution in [2.24, 2.45) is 5.92 Å². The fraction of sp³-hybridized carbons (Fsp3) is 1.00. The molecule has 118 valence electrons. The third-order valence-corrected chi connectivity index (χ3v) is 6.84. The number of rotatable bonds is 4. The number of piperidine rings is 2. The van der Waals surface area contributed by atoms with E-state index >= 15 is 0 Å². The molecule has 0 spiro atoms. The molecule has 20 heavy (non-hydrogen) atoms. The van der Waals surface area contributed by atoms with Crippen molar-refractivity contribution in [2.75, 3.05) is 26.7 Å². The highest BCUT2D eigenvalue weighted by Gasteiger charge is 2.40. The van der Waals surface area contributed by atoms with Crippen molar-refractivity contribution in [1.82, 2.24) is 13.9 Å². The Morgan fingerprint density at radius 3 is 2.55 bits per heavy atom. The molecular formula is C14H29N3O2S. The molecule has 0 aromatic heterocycles. The Hall–Kier alpha value is -0.170. The second-order valence-electron chi connectivity index (χ2n) is 6.43. The summed E-state index contributed by atoms with van der Waals surface area (Å²) in [6, 6.07) is 0.247. The molecule has 2 saturated heterocycles. The van der Waals surface area contributed by atoms with Crippen molar-refractivity contribution in [2.45, 2.75) is 58.0 Å². The molecule has 3 unspecified atom stereocenters. The molecule has 2 fully saturated rings. The van der Waals surface area contributed by atoms with Gasteiger partial charge < -0.3 is 5.32 Å². The van der Waals surface area contributed by atoms with Crippen LogP contribution in [0, 0.1) is 5.92 Å². The van der Waals surface area contributed by atoms with E-state index in [-0.39, 0.29) is 12.1 Å². The van der Waals surface area contributed by atoms with Crippen LogP contribution in [-0.2, 0) is 10.2 Å². The van der Waals surface area contributed by atoms with Gasteiger partial charge in [0.2, 0.25) is 0 Å². The van der Waals surface area contributed by atoms with Crippen molar-refractivity contribution in [3.8, 4) is 0 Å². The fourth-order valence-corrected chi connectivity index (χ4v) is 5.61. The zero-order valence-electron chi connectivity index (χ0n) is 13.0. The summed E-state index contributed by atoms with van der Waals surface area (Å²) in [6.45, 7) is 6.28. The lowest BCUT2D eigenvalue weighted by Gasteiger charge is -2.42. The highest BCUT2D eigenvalue weighted by atomic mass is 32.2. The third kappa shape index (κ3) is 3.35. The summed E-state index contributed by atoms with van der Waals surface area (Å²) in [4.78, 5) is 0. The van der Waals surface area contributed by atoms with Crippen molar-refractivity contribution in [1.29, 1.82) is 0 Å². The number of hydrogen-bond acceptors (Lipinski definition) is 3. The van der Waals surface area contributed by atoms with Crippen LogP contribution in [0.1, 0.15) is 46.0 Å². The molecule has 0 aromatic carbocycles. The SMILES string of the molecule is CNCC1CCCCN1S(=O)(=O)N1CC(C)CCC1C. The molecule has 2 aliphatic heterocycles. The summed E-state index contributed by atoms with van der Waals surface area (Å²) < 4.78 is 29.5. The second-order valence-corrected chi connectivity index (χ2v) is 8.26. The van der Waals surface area contributed by atoms with E-state index in [1.807, 2.05) is 14.0 Å². The van der Waals surface area contributed by atoms with Crippen LogP contribution in [0.25, 0.3) is 0 Å². The molecule has 2 heterocycles. The predicted molar refractivity (Wildman–Crippen MR) is 81.8 cm³/mol. The summed E-state index contributed by atoms with van der Waals surface area (Å²) in [6.07, 6.45) is 5.19. The maximum atomic E-state index is 13.0. The van der Waals surface area contributed by atoms with E-state index in [1.165, 1.54) is 0 Å². The van der Waals surface area contributed by atoms with Crippen LogP contribution >= 0.6 is 0 Å². The Balaban J connectivity index is 2.18. The van der Waals surface area contributed by atoms with Gasteiger partial charge in [-0.1, -0.05) is 13.3 Å². The van der Waals surface area contributed by atoms with E-state index in [4.69, 9.17) is 0 Å². The minimum atomic E-state index is -3.31. The first-order valence-corrected chi connectivity index (χ1v) is 9.29. The Bertz CT molecular complexity index is 411. The Morgan fingerprint density at radius 1 is 1.10 bits per heavy atom. The van der Waals surface area contributed by atoms with Gasteiger partial charge in [0.15, 0.2) is 0 Å². The van der Waals surface area contributed by atoms with Gasteiger partial charge in [-0.2, -0.15) is 17.0 Å². The van der Waals surface area contributed by atoms with Crippen LogP contribution in [0.2, 0.25) is 0 Å². The summed E-state index contributed by atoms with van der Waals surface area (Å²) >= 11 is 0. The van der Waals surface area contributed by atoms with Crippen LogP contribution in [0.3, 0.4) is 0 Å². The molecule has 5 nitrogen and oxygen atoms in total. The highest BCUT2D eigenvalue weighted by Crippen LogP contribution is 2.29. The van der Waals surface area contributed by atoms with Crippen molar-refractivity contribution < 1.29 is 8.42 Å². The fourth-order valence-electron chi connectivity index (χ4n) is 3.42. The lowest BCUT2D eigenvalue weighted by molar-refractivity contribution is 0.178. The molecule has 1 N–H and O–H groups in total. The summed E-state index contributed by atoms with van der Waals surface area (Å²) in [5, 5.41) is 3.14. The Kier molecular flexibility index (Phi) is 5.45. The molecule has 0 saturated carbocycles. The molecule has 3 atom stereocenters. The quantitative estimate of drug-likeness (QED) is 0.855. The molecule has 0 radical (unpaired) electrons. The van der Waals surface area contributed by atoms with Gasteiger partial charge in [-0.15, -0.1) is 0 Å². The second kappa shape index (κ2) is 6.73. The van der Waals surface area contributed by atoms with Gasteiger partial charge >= 0.3 is 0 Å². The third-order valence-electron chi connectivity index (χ3n) is 4.67. The Morgan fingerprint density at radius 2 is 1.85 bits per heavy atom. The molecule has 0 bridgehead atoms. The van der Waals surface area contributed by atoms with Crippen molar-refractivity contribution in [3.05, 3.63) is 0 Å². The average Bonchev–Trinajstić information content (AvgIpc) is 2.42. The van der Waals surface area contributed by atoms with E-state index in [2.05, 4.69) is 12.2 Å². The standard InChI is InChI=1S/C14H29N3O2S/c1-12-7-8-13(2)17(11-12)20(18,19)16-9-5-4-6-14(16)10-15-3/h12-15H,4-11H2,1-3H3. The Labute approximate surface area is 123 Å². The van der Waals surface area contributed by atoms with E-state index in [9.17, 15) is 8.42 Å². The molecule has 0 amide bonds. The maximum Gasteiger partial charge on any atom is 0.282 e. The van der Waals surface area contributed by atoms with E-state index in [0.717, 1.165) is 38.6 Å².